The van der Waals surface area contributed by atoms with Crippen LogP contribution in [-0.4, -0.2) is 43.8 Å². The fourth-order valence-corrected chi connectivity index (χ4v) is 2.43. The van der Waals surface area contributed by atoms with E-state index in [0.29, 0.717) is 11.1 Å². The number of benzene rings is 2. The van der Waals surface area contributed by atoms with Gasteiger partial charge < -0.3 is 9.80 Å². The van der Waals surface area contributed by atoms with Crippen LogP contribution in [0.25, 0.3) is 11.1 Å². The van der Waals surface area contributed by atoms with Crippen molar-refractivity contribution in [1.82, 2.24) is 9.80 Å². The molecule has 124 valence electrons. The van der Waals surface area contributed by atoms with Crippen LogP contribution < -0.4 is 0 Å². The van der Waals surface area contributed by atoms with Gasteiger partial charge in [-0.25, -0.2) is 0 Å². The third-order valence-corrected chi connectivity index (χ3v) is 3.43. The highest BCUT2D eigenvalue weighted by Gasteiger charge is 2.19. The quantitative estimate of drug-likeness (QED) is 0.757. The first-order chi connectivity index (χ1) is 11.5. The van der Waals surface area contributed by atoms with Crippen molar-refractivity contribution >= 4 is 16.9 Å². The largest absolute Gasteiger partial charge is 0.383 e. The molecule has 0 saturated heterocycles. The summed E-state index contributed by atoms with van der Waals surface area (Å²) in [4.78, 5) is 17.1. The van der Waals surface area contributed by atoms with Crippen LogP contribution in [-0.2, 0) is 4.79 Å². The summed E-state index contributed by atoms with van der Waals surface area (Å²) in [5.74, 6) is 0.00907. The van der Waals surface area contributed by atoms with Gasteiger partial charge in [-0.3, -0.25) is 4.79 Å². The maximum Gasteiger partial charge on any atom is 0.197 e. The molecule has 0 atom stereocenters. The van der Waals surface area contributed by atoms with Crippen LogP contribution in [0.4, 0.5) is 0 Å². The van der Waals surface area contributed by atoms with Gasteiger partial charge in [0.15, 0.2) is 5.78 Å². The molecule has 3 nitrogen and oxygen atoms in total. The van der Waals surface area contributed by atoms with Gasteiger partial charge in [0.05, 0.1) is 0 Å². The molecule has 0 aliphatic heterocycles. The molecule has 2 aromatic rings. The minimum absolute atomic E-state index is 0.00907. The molecule has 0 saturated carbocycles. The molecule has 0 aliphatic carbocycles. The average molecular weight is 320 g/mol. The van der Waals surface area contributed by atoms with Crippen LogP contribution in [0.1, 0.15) is 11.1 Å². The predicted octanol–water partition coefficient (Wildman–Crippen LogP) is 3.76. The molecule has 2 aromatic carbocycles. The third kappa shape index (κ3) is 4.59. The first-order valence-corrected chi connectivity index (χ1v) is 7.91. The van der Waals surface area contributed by atoms with Crippen molar-refractivity contribution in [2.75, 3.05) is 28.2 Å². The zero-order valence-electron chi connectivity index (χ0n) is 14.7. The zero-order chi connectivity index (χ0) is 17.5. The highest BCUT2D eigenvalue weighted by molar-refractivity contribution is 6.42. The molecule has 0 N–H and O–H groups in total. The van der Waals surface area contributed by atoms with E-state index >= 15 is 0 Å². The van der Waals surface area contributed by atoms with Gasteiger partial charge in [0.25, 0.3) is 0 Å². The van der Waals surface area contributed by atoms with E-state index in [9.17, 15) is 4.79 Å². The van der Waals surface area contributed by atoms with Crippen LogP contribution >= 0.6 is 0 Å². The Bertz CT molecular complexity index is 665. The van der Waals surface area contributed by atoms with Gasteiger partial charge in [-0.05, 0) is 11.1 Å². The van der Waals surface area contributed by atoms with E-state index in [2.05, 4.69) is 0 Å². The van der Waals surface area contributed by atoms with Gasteiger partial charge in [-0.2, -0.15) is 0 Å². The van der Waals surface area contributed by atoms with E-state index in [1.807, 2.05) is 111 Å². The van der Waals surface area contributed by atoms with Crippen molar-refractivity contribution in [2.24, 2.45) is 0 Å². The second kappa shape index (κ2) is 8.16. The predicted molar refractivity (Wildman–Crippen MR) is 101 cm³/mol. The summed E-state index contributed by atoms with van der Waals surface area (Å²) in [5, 5.41) is 0. The first kappa shape index (κ1) is 17.5. The fourth-order valence-electron chi connectivity index (χ4n) is 2.43. The van der Waals surface area contributed by atoms with Crippen molar-refractivity contribution in [3.63, 3.8) is 0 Å². The van der Waals surface area contributed by atoms with Crippen LogP contribution in [0, 0.1) is 0 Å². The Hall–Kier alpha value is -2.81. The van der Waals surface area contributed by atoms with Crippen molar-refractivity contribution in [2.45, 2.75) is 0 Å². The minimum atomic E-state index is 0.00907. The molecule has 0 unspecified atom stereocenters. The molecule has 0 bridgehead atoms. The van der Waals surface area contributed by atoms with Crippen LogP contribution in [0.5, 0.6) is 0 Å². The summed E-state index contributed by atoms with van der Waals surface area (Å²) in [7, 11) is 7.70. The Morgan fingerprint density at radius 1 is 0.667 bits per heavy atom. The third-order valence-electron chi connectivity index (χ3n) is 3.43. The van der Waals surface area contributed by atoms with Gasteiger partial charge in [0, 0.05) is 51.7 Å². The van der Waals surface area contributed by atoms with E-state index in [-0.39, 0.29) is 5.78 Å². The lowest BCUT2D eigenvalue weighted by atomic mass is 9.93. The maximum atomic E-state index is 13.3. The van der Waals surface area contributed by atoms with E-state index in [1.54, 1.807) is 0 Å². The van der Waals surface area contributed by atoms with Crippen molar-refractivity contribution in [3.05, 3.63) is 84.2 Å². The molecule has 0 aliphatic rings. The van der Waals surface area contributed by atoms with Gasteiger partial charge >= 0.3 is 0 Å². The van der Waals surface area contributed by atoms with E-state index in [4.69, 9.17) is 0 Å². The van der Waals surface area contributed by atoms with Crippen LogP contribution in [0.2, 0.25) is 0 Å². The number of carbonyl (C=O) groups excluding carboxylic acids is 1. The second-order valence-corrected chi connectivity index (χ2v) is 6.07. The van der Waals surface area contributed by atoms with Crippen molar-refractivity contribution in [1.29, 1.82) is 0 Å². The molecule has 0 heterocycles. The smallest absolute Gasteiger partial charge is 0.197 e. The number of hydrogen-bond donors (Lipinski definition) is 0. The van der Waals surface area contributed by atoms with Crippen LogP contribution in [0.3, 0.4) is 0 Å². The first-order valence-electron chi connectivity index (χ1n) is 7.91. The van der Waals surface area contributed by atoms with Gasteiger partial charge in [-0.1, -0.05) is 60.7 Å². The second-order valence-electron chi connectivity index (χ2n) is 6.07. The summed E-state index contributed by atoms with van der Waals surface area (Å²) in [5.41, 5.74) is 3.18. The average Bonchev–Trinajstić information content (AvgIpc) is 2.58. The van der Waals surface area contributed by atoms with Gasteiger partial charge in [0.2, 0.25) is 0 Å². The standard InChI is InChI=1S/C21H24N2O/c1-22(2)15-19(17-11-7-5-8-12-17)21(24)20(16-23(3)4)18-13-9-6-10-14-18/h5-16H,1-4H3/b19-15+,20-16+. The molecule has 2 rings (SSSR count). The normalized spacial score (nSPS) is 12.0. The number of Topliss-reactive ketones (excluding diaryl/α,β-unsaturated/α-hetero) is 1. The summed E-state index contributed by atoms with van der Waals surface area (Å²) in [6.07, 6.45) is 3.76. The number of allylic oxidation sites excluding steroid dienone is 2. The number of rotatable bonds is 6. The van der Waals surface area contributed by atoms with E-state index < -0.39 is 0 Å². The molecule has 0 radical (unpaired) electrons. The molecular formula is C21H24N2O. The number of ketones is 1. The van der Waals surface area contributed by atoms with E-state index in [0.717, 1.165) is 11.1 Å². The molecule has 0 spiro atoms. The Labute approximate surface area is 144 Å². The fraction of sp³-hybridized carbons (Fsp3) is 0.190. The number of hydrogen-bond acceptors (Lipinski definition) is 3. The van der Waals surface area contributed by atoms with Gasteiger partial charge in [0.1, 0.15) is 0 Å². The Kier molecular flexibility index (Phi) is 5.96. The maximum absolute atomic E-state index is 13.3. The molecule has 3 heteroatoms. The molecule has 0 amide bonds. The molecular weight excluding hydrogens is 296 g/mol. The molecule has 0 fully saturated rings. The van der Waals surface area contributed by atoms with E-state index in [1.165, 1.54) is 0 Å². The lowest BCUT2D eigenvalue weighted by Crippen LogP contribution is -2.13. The van der Waals surface area contributed by atoms with Gasteiger partial charge in [-0.15, -0.1) is 0 Å². The minimum Gasteiger partial charge on any atom is -0.383 e. The molecule has 24 heavy (non-hydrogen) atoms. The Morgan fingerprint density at radius 2 is 1.00 bits per heavy atom. The Morgan fingerprint density at radius 3 is 1.29 bits per heavy atom. The topological polar surface area (TPSA) is 23.6 Å². The summed E-state index contributed by atoms with van der Waals surface area (Å²) >= 11 is 0. The lowest BCUT2D eigenvalue weighted by Gasteiger charge is -2.16. The SMILES string of the molecule is CN(C)/C=C(/C(=O)/C(=C/N(C)C)c1ccccc1)c1ccccc1. The Balaban J connectivity index is 2.54. The zero-order valence-corrected chi connectivity index (χ0v) is 14.7. The highest BCUT2D eigenvalue weighted by atomic mass is 16.1. The summed E-state index contributed by atoms with van der Waals surface area (Å²) in [6, 6.07) is 19.6. The summed E-state index contributed by atoms with van der Waals surface area (Å²) < 4.78 is 0. The van der Waals surface area contributed by atoms with Crippen molar-refractivity contribution in [3.8, 4) is 0 Å². The van der Waals surface area contributed by atoms with Crippen LogP contribution in [0.15, 0.2) is 73.1 Å². The highest BCUT2D eigenvalue weighted by Crippen LogP contribution is 2.25. The van der Waals surface area contributed by atoms with Crippen molar-refractivity contribution < 1.29 is 4.79 Å². The molecule has 0 aromatic heterocycles. The monoisotopic (exact) mass is 320 g/mol. The summed E-state index contributed by atoms with van der Waals surface area (Å²) in [6.45, 7) is 0. The number of nitrogens with zero attached hydrogens (tertiary/aromatic N) is 2. The lowest BCUT2D eigenvalue weighted by molar-refractivity contribution is -0.108. The number of carbonyl (C=O) groups is 1.